The first-order valence-electron chi connectivity index (χ1n) is 8.77. The van der Waals surface area contributed by atoms with Gasteiger partial charge >= 0.3 is 0 Å². The Labute approximate surface area is 146 Å². The molecule has 2 aliphatic rings. The van der Waals surface area contributed by atoms with Crippen LogP contribution >= 0.6 is 0 Å². The molecule has 1 amide bonds. The molecule has 0 aromatic carbocycles. The Balaban J connectivity index is 1.44. The molecule has 0 radical (unpaired) electrons. The lowest BCUT2D eigenvalue weighted by Gasteiger charge is -2.43. The van der Waals surface area contributed by atoms with E-state index in [2.05, 4.69) is 4.98 Å². The van der Waals surface area contributed by atoms with Gasteiger partial charge in [0.1, 0.15) is 0 Å². The number of aromatic nitrogens is 1. The summed E-state index contributed by atoms with van der Waals surface area (Å²) in [6.45, 7) is 2.28. The van der Waals surface area contributed by atoms with Crippen LogP contribution < -0.4 is 4.74 Å². The van der Waals surface area contributed by atoms with E-state index >= 15 is 0 Å². The van der Waals surface area contributed by atoms with Gasteiger partial charge in [-0.25, -0.2) is 4.98 Å². The molecule has 2 aromatic rings. The zero-order valence-corrected chi connectivity index (χ0v) is 14.1. The quantitative estimate of drug-likeness (QED) is 0.855. The standard InChI is InChI=1S/C19H22N2O4/c22-18(16-6-4-11-23-16)21-10-12-25-19(14-21)8-3-5-15(19)13-24-17-7-1-2-9-20-17/h1-2,4,6-7,9,11,15H,3,5,8,10,12-14H2/t15-,19+/m0/s1. The maximum atomic E-state index is 12.6. The molecule has 4 rings (SSSR count). The van der Waals surface area contributed by atoms with E-state index in [4.69, 9.17) is 13.9 Å². The molecule has 0 N–H and O–H groups in total. The van der Waals surface area contributed by atoms with Crippen molar-refractivity contribution in [2.45, 2.75) is 24.9 Å². The minimum Gasteiger partial charge on any atom is -0.477 e. The van der Waals surface area contributed by atoms with Crippen LogP contribution in [0.1, 0.15) is 29.8 Å². The lowest BCUT2D eigenvalue weighted by molar-refractivity contribution is -0.127. The van der Waals surface area contributed by atoms with E-state index < -0.39 is 0 Å². The second kappa shape index (κ2) is 6.88. The van der Waals surface area contributed by atoms with Gasteiger partial charge in [-0.3, -0.25) is 4.79 Å². The summed E-state index contributed by atoms with van der Waals surface area (Å²) in [5.41, 5.74) is -0.324. The SMILES string of the molecule is O=C(c1ccco1)N1CCO[C@]2(CCC[C@H]2COc2ccccn2)C1. The molecule has 1 saturated heterocycles. The van der Waals surface area contributed by atoms with Crippen molar-refractivity contribution < 1.29 is 18.7 Å². The maximum absolute atomic E-state index is 12.6. The molecule has 1 aliphatic heterocycles. The summed E-state index contributed by atoms with van der Waals surface area (Å²) in [7, 11) is 0. The predicted molar refractivity (Wildman–Crippen MR) is 90.4 cm³/mol. The predicted octanol–water partition coefficient (Wildman–Crippen LogP) is 2.76. The molecule has 6 nitrogen and oxygen atoms in total. The summed E-state index contributed by atoms with van der Waals surface area (Å²) >= 11 is 0. The molecule has 2 aromatic heterocycles. The molecule has 2 atom stereocenters. The fourth-order valence-electron chi connectivity index (χ4n) is 3.90. The smallest absolute Gasteiger partial charge is 0.289 e. The molecule has 132 valence electrons. The normalized spacial score (nSPS) is 26.1. The van der Waals surface area contributed by atoms with Gasteiger partial charge in [0, 0.05) is 24.7 Å². The summed E-state index contributed by atoms with van der Waals surface area (Å²) in [4.78, 5) is 18.7. The summed E-state index contributed by atoms with van der Waals surface area (Å²) in [6, 6.07) is 9.08. The van der Waals surface area contributed by atoms with Crippen molar-refractivity contribution >= 4 is 5.91 Å². The van der Waals surface area contributed by atoms with Crippen molar-refractivity contribution in [3.8, 4) is 5.88 Å². The fourth-order valence-corrected chi connectivity index (χ4v) is 3.90. The largest absolute Gasteiger partial charge is 0.477 e. The van der Waals surface area contributed by atoms with Gasteiger partial charge in [0.2, 0.25) is 5.88 Å². The highest BCUT2D eigenvalue weighted by molar-refractivity contribution is 5.91. The molecular formula is C19H22N2O4. The molecule has 0 bridgehead atoms. The van der Waals surface area contributed by atoms with E-state index in [0.29, 0.717) is 37.9 Å². The van der Waals surface area contributed by atoms with Crippen LogP contribution in [0.5, 0.6) is 5.88 Å². The van der Waals surface area contributed by atoms with Crippen LogP contribution in [-0.4, -0.2) is 47.7 Å². The van der Waals surface area contributed by atoms with Crippen LogP contribution in [0.4, 0.5) is 0 Å². The highest BCUT2D eigenvalue weighted by atomic mass is 16.5. The first kappa shape index (κ1) is 16.1. The molecule has 3 heterocycles. The average Bonchev–Trinajstić information content (AvgIpc) is 3.31. The number of hydrogen-bond donors (Lipinski definition) is 0. The topological polar surface area (TPSA) is 64.8 Å². The Bertz CT molecular complexity index is 703. The number of rotatable bonds is 4. The third kappa shape index (κ3) is 3.26. The van der Waals surface area contributed by atoms with E-state index in [9.17, 15) is 4.79 Å². The zero-order chi connectivity index (χ0) is 17.1. The molecule has 1 aliphatic carbocycles. The molecule has 1 saturated carbocycles. The second-order valence-electron chi connectivity index (χ2n) is 6.69. The molecule has 1 spiro atoms. The van der Waals surface area contributed by atoms with Crippen LogP contribution in [-0.2, 0) is 4.74 Å². The Hall–Kier alpha value is -2.34. The van der Waals surface area contributed by atoms with Gasteiger partial charge in [-0.2, -0.15) is 0 Å². The molecule has 2 fully saturated rings. The Morgan fingerprint density at radius 1 is 1.36 bits per heavy atom. The minimum absolute atomic E-state index is 0.0658. The van der Waals surface area contributed by atoms with Crippen molar-refractivity contribution in [2.24, 2.45) is 5.92 Å². The van der Waals surface area contributed by atoms with E-state index in [0.717, 1.165) is 19.3 Å². The summed E-state index contributed by atoms with van der Waals surface area (Å²) in [5.74, 6) is 1.20. The van der Waals surface area contributed by atoms with Crippen molar-refractivity contribution in [1.82, 2.24) is 9.88 Å². The van der Waals surface area contributed by atoms with Crippen molar-refractivity contribution in [2.75, 3.05) is 26.3 Å². The van der Waals surface area contributed by atoms with Gasteiger partial charge in [0.25, 0.3) is 5.91 Å². The Morgan fingerprint density at radius 3 is 3.12 bits per heavy atom. The lowest BCUT2D eigenvalue weighted by Crippen LogP contribution is -2.56. The lowest BCUT2D eigenvalue weighted by atomic mass is 9.89. The first-order chi connectivity index (χ1) is 12.3. The van der Waals surface area contributed by atoms with Crippen molar-refractivity contribution in [3.05, 3.63) is 48.6 Å². The zero-order valence-electron chi connectivity index (χ0n) is 14.1. The molecule has 25 heavy (non-hydrogen) atoms. The number of carbonyl (C=O) groups excluding carboxylic acids is 1. The van der Waals surface area contributed by atoms with Gasteiger partial charge in [0.15, 0.2) is 5.76 Å². The highest BCUT2D eigenvalue weighted by Crippen LogP contribution is 2.41. The van der Waals surface area contributed by atoms with Crippen LogP contribution in [0.3, 0.4) is 0 Å². The number of amides is 1. The number of ether oxygens (including phenoxy) is 2. The number of morpholine rings is 1. The summed E-state index contributed by atoms with van der Waals surface area (Å²) in [6.07, 6.45) is 6.32. The van der Waals surface area contributed by atoms with Crippen LogP contribution in [0.15, 0.2) is 47.2 Å². The summed E-state index contributed by atoms with van der Waals surface area (Å²) in [5, 5.41) is 0. The van der Waals surface area contributed by atoms with Gasteiger partial charge in [-0.05, 0) is 37.5 Å². The third-order valence-electron chi connectivity index (χ3n) is 5.20. The molecule has 0 unspecified atom stereocenters. The highest BCUT2D eigenvalue weighted by Gasteiger charge is 2.48. The van der Waals surface area contributed by atoms with Crippen molar-refractivity contribution in [3.63, 3.8) is 0 Å². The monoisotopic (exact) mass is 342 g/mol. The third-order valence-corrected chi connectivity index (χ3v) is 5.20. The van der Waals surface area contributed by atoms with E-state index in [1.165, 1.54) is 6.26 Å². The van der Waals surface area contributed by atoms with Gasteiger partial charge in [-0.1, -0.05) is 6.07 Å². The molecule has 6 heteroatoms. The van der Waals surface area contributed by atoms with E-state index in [-0.39, 0.29) is 17.4 Å². The van der Waals surface area contributed by atoms with Gasteiger partial charge < -0.3 is 18.8 Å². The Morgan fingerprint density at radius 2 is 2.32 bits per heavy atom. The van der Waals surface area contributed by atoms with Crippen LogP contribution in [0.2, 0.25) is 0 Å². The number of furan rings is 1. The fraction of sp³-hybridized carbons (Fsp3) is 0.474. The van der Waals surface area contributed by atoms with Crippen LogP contribution in [0.25, 0.3) is 0 Å². The molecular weight excluding hydrogens is 320 g/mol. The number of nitrogens with zero attached hydrogens (tertiary/aromatic N) is 2. The first-order valence-corrected chi connectivity index (χ1v) is 8.77. The minimum atomic E-state index is -0.324. The van der Waals surface area contributed by atoms with Gasteiger partial charge in [0.05, 0.1) is 31.6 Å². The number of pyridine rings is 1. The van der Waals surface area contributed by atoms with E-state index in [1.807, 2.05) is 23.1 Å². The van der Waals surface area contributed by atoms with Crippen LogP contribution in [0, 0.1) is 5.92 Å². The van der Waals surface area contributed by atoms with Crippen molar-refractivity contribution in [1.29, 1.82) is 0 Å². The summed E-state index contributed by atoms with van der Waals surface area (Å²) < 4.78 is 17.3. The number of carbonyl (C=O) groups is 1. The second-order valence-corrected chi connectivity index (χ2v) is 6.69. The number of hydrogen-bond acceptors (Lipinski definition) is 5. The average molecular weight is 342 g/mol. The van der Waals surface area contributed by atoms with E-state index in [1.54, 1.807) is 18.3 Å². The maximum Gasteiger partial charge on any atom is 0.289 e. The van der Waals surface area contributed by atoms with Gasteiger partial charge in [-0.15, -0.1) is 0 Å². The Kier molecular flexibility index (Phi) is 4.44.